The molecule has 0 aliphatic heterocycles. The highest BCUT2D eigenvalue weighted by Gasteiger charge is 2.34. The topological polar surface area (TPSA) is 70.8 Å². The van der Waals surface area contributed by atoms with Gasteiger partial charge in [0.25, 0.3) is 15.9 Å². The molecule has 1 aromatic heterocycles. The van der Waals surface area contributed by atoms with E-state index in [0.717, 1.165) is 10.4 Å². The molecule has 0 spiro atoms. The van der Waals surface area contributed by atoms with Gasteiger partial charge in [-0.15, -0.1) is 0 Å². The number of amides is 1. The number of nitrogens with zero attached hydrogens (tertiary/aromatic N) is 2. The van der Waals surface area contributed by atoms with Crippen LogP contribution in [0.5, 0.6) is 0 Å². The summed E-state index contributed by atoms with van der Waals surface area (Å²) in [7, 11) is -2.80. The van der Waals surface area contributed by atoms with Gasteiger partial charge in [-0.1, -0.05) is 23.7 Å². The lowest BCUT2D eigenvalue weighted by molar-refractivity contribution is -0.142. The van der Waals surface area contributed by atoms with E-state index >= 15 is 0 Å². The lowest BCUT2D eigenvalue weighted by Crippen LogP contribution is -2.38. The van der Waals surface area contributed by atoms with Gasteiger partial charge in [-0.05, 0) is 48.5 Å². The highest BCUT2D eigenvalue weighted by molar-refractivity contribution is 7.92. The van der Waals surface area contributed by atoms with Crippen molar-refractivity contribution in [1.29, 1.82) is 0 Å². The van der Waals surface area contributed by atoms with Crippen LogP contribution in [0.25, 0.3) is 0 Å². The lowest BCUT2D eigenvalue weighted by atomic mass is 10.2. The molecule has 3 aromatic rings. The van der Waals surface area contributed by atoms with Gasteiger partial charge >= 0.3 is 6.18 Å². The predicted octanol–water partition coefficient (Wildman–Crippen LogP) is 4.96. The number of furan rings is 1. The first-order chi connectivity index (χ1) is 15.0. The molecule has 2 aromatic carbocycles. The third-order valence-corrected chi connectivity index (χ3v) is 6.51. The van der Waals surface area contributed by atoms with E-state index < -0.39 is 35.2 Å². The first kappa shape index (κ1) is 23.7. The molecule has 0 aliphatic rings. The van der Waals surface area contributed by atoms with E-state index in [1.54, 1.807) is 12.1 Å². The van der Waals surface area contributed by atoms with Crippen LogP contribution in [0.2, 0.25) is 5.02 Å². The van der Waals surface area contributed by atoms with Crippen molar-refractivity contribution >= 4 is 33.2 Å². The zero-order chi connectivity index (χ0) is 23.5. The smallest absolute Gasteiger partial charge is 0.406 e. The van der Waals surface area contributed by atoms with Gasteiger partial charge < -0.3 is 9.32 Å². The molecule has 6 nitrogen and oxygen atoms in total. The molecule has 170 valence electrons. The second-order valence-electron chi connectivity index (χ2n) is 6.84. The van der Waals surface area contributed by atoms with Gasteiger partial charge in [-0.2, -0.15) is 13.2 Å². The van der Waals surface area contributed by atoms with Gasteiger partial charge in [0, 0.05) is 17.6 Å². The van der Waals surface area contributed by atoms with Gasteiger partial charge in [0.1, 0.15) is 12.3 Å². The molecule has 0 bridgehead atoms. The number of benzene rings is 2. The van der Waals surface area contributed by atoms with Crippen LogP contribution in [0.4, 0.5) is 18.9 Å². The Kier molecular flexibility index (Phi) is 6.85. The Morgan fingerprint density at radius 3 is 2.41 bits per heavy atom. The Morgan fingerprint density at radius 1 is 1.06 bits per heavy atom. The van der Waals surface area contributed by atoms with E-state index in [-0.39, 0.29) is 21.9 Å². The first-order valence-electron chi connectivity index (χ1n) is 9.20. The predicted molar refractivity (Wildman–Crippen MR) is 113 cm³/mol. The molecule has 0 radical (unpaired) electrons. The fraction of sp³-hybridized carbons (Fsp3) is 0.190. The summed E-state index contributed by atoms with van der Waals surface area (Å²) < 4.78 is 71.3. The number of alkyl halides is 3. The molecule has 0 aliphatic carbocycles. The van der Waals surface area contributed by atoms with Gasteiger partial charge in [0.15, 0.2) is 0 Å². The highest BCUT2D eigenvalue weighted by atomic mass is 35.5. The minimum Gasteiger partial charge on any atom is -0.467 e. The number of rotatable bonds is 7. The van der Waals surface area contributed by atoms with Crippen LogP contribution in [0.15, 0.2) is 76.2 Å². The lowest BCUT2D eigenvalue weighted by Gasteiger charge is -2.24. The van der Waals surface area contributed by atoms with E-state index in [1.165, 1.54) is 55.8 Å². The Hall–Kier alpha value is -2.98. The largest absolute Gasteiger partial charge is 0.467 e. The summed E-state index contributed by atoms with van der Waals surface area (Å²) in [4.78, 5) is 13.2. The number of hydrogen-bond donors (Lipinski definition) is 0. The van der Waals surface area contributed by atoms with Crippen molar-refractivity contribution in [3.8, 4) is 0 Å². The quantitative estimate of drug-likeness (QED) is 0.473. The van der Waals surface area contributed by atoms with E-state index in [0.29, 0.717) is 9.92 Å². The summed E-state index contributed by atoms with van der Waals surface area (Å²) in [5, 5.41) is 0.328. The average Bonchev–Trinajstić information content (AvgIpc) is 3.24. The monoisotopic (exact) mass is 486 g/mol. The van der Waals surface area contributed by atoms with Crippen LogP contribution in [0.3, 0.4) is 0 Å². The van der Waals surface area contributed by atoms with Crippen molar-refractivity contribution < 1.29 is 30.8 Å². The zero-order valence-electron chi connectivity index (χ0n) is 16.7. The average molecular weight is 487 g/mol. The van der Waals surface area contributed by atoms with Crippen molar-refractivity contribution in [2.45, 2.75) is 17.6 Å². The molecule has 11 heteroatoms. The molecule has 0 saturated heterocycles. The third-order valence-electron chi connectivity index (χ3n) is 4.50. The van der Waals surface area contributed by atoms with E-state index in [9.17, 15) is 26.4 Å². The van der Waals surface area contributed by atoms with Crippen molar-refractivity contribution in [2.75, 3.05) is 17.9 Å². The Morgan fingerprint density at radius 2 is 1.78 bits per heavy atom. The summed E-state index contributed by atoms with van der Waals surface area (Å²) in [5.41, 5.74) is 0.0760. The SMILES string of the molecule is CN(c1cccc(Cl)c1)S(=O)(=O)c1cccc(C(=O)N(Cc2ccco2)CC(F)(F)F)c1. The van der Waals surface area contributed by atoms with Crippen LogP contribution in [-0.2, 0) is 16.6 Å². The number of carbonyl (C=O) groups excluding carboxylic acids is 1. The maximum atomic E-state index is 13.1. The molecule has 0 saturated carbocycles. The van der Waals surface area contributed by atoms with Crippen molar-refractivity contribution in [3.63, 3.8) is 0 Å². The number of halogens is 4. The maximum absolute atomic E-state index is 13.1. The van der Waals surface area contributed by atoms with Crippen LogP contribution < -0.4 is 4.31 Å². The van der Waals surface area contributed by atoms with Crippen molar-refractivity contribution in [2.24, 2.45) is 0 Å². The van der Waals surface area contributed by atoms with E-state index in [1.807, 2.05) is 0 Å². The number of hydrogen-bond acceptors (Lipinski definition) is 4. The molecular formula is C21H18ClF3N2O4S. The third kappa shape index (κ3) is 5.63. The second kappa shape index (κ2) is 9.25. The molecule has 32 heavy (non-hydrogen) atoms. The molecule has 0 N–H and O–H groups in total. The summed E-state index contributed by atoms with van der Waals surface area (Å²) in [6, 6.07) is 13.9. The van der Waals surface area contributed by atoms with E-state index in [4.69, 9.17) is 16.0 Å². The van der Waals surface area contributed by atoms with Gasteiger partial charge in [0.2, 0.25) is 0 Å². The maximum Gasteiger partial charge on any atom is 0.406 e. The minimum atomic E-state index is -4.65. The van der Waals surface area contributed by atoms with E-state index in [2.05, 4.69) is 0 Å². The van der Waals surface area contributed by atoms with Gasteiger partial charge in [0.05, 0.1) is 23.4 Å². The van der Waals surface area contributed by atoms with Crippen LogP contribution in [0.1, 0.15) is 16.1 Å². The molecule has 0 atom stereocenters. The number of anilines is 1. The standard InChI is InChI=1S/C21H18ClF3N2O4S/c1-26(17-7-3-6-16(22)12-17)32(29,30)19-9-2-5-15(11-19)20(28)27(14-21(23,24)25)13-18-8-4-10-31-18/h2-12H,13-14H2,1H3. The summed E-state index contributed by atoms with van der Waals surface area (Å²) in [6.45, 7) is -1.95. The zero-order valence-corrected chi connectivity index (χ0v) is 18.3. The summed E-state index contributed by atoms with van der Waals surface area (Å²) in [6.07, 6.45) is -3.37. The van der Waals surface area contributed by atoms with Gasteiger partial charge in [-0.25, -0.2) is 8.42 Å². The van der Waals surface area contributed by atoms with Crippen molar-refractivity contribution in [1.82, 2.24) is 4.90 Å². The Bertz CT molecular complexity index is 1200. The Balaban J connectivity index is 1.92. The number of carbonyl (C=O) groups is 1. The minimum absolute atomic E-state index is 0.159. The molecule has 1 heterocycles. The normalized spacial score (nSPS) is 11.9. The molecular weight excluding hydrogens is 469 g/mol. The number of sulfonamides is 1. The fourth-order valence-corrected chi connectivity index (χ4v) is 4.37. The van der Waals surface area contributed by atoms with Gasteiger partial charge in [-0.3, -0.25) is 9.10 Å². The Labute approximate surface area is 187 Å². The molecule has 1 amide bonds. The second-order valence-corrected chi connectivity index (χ2v) is 9.24. The van der Waals surface area contributed by atoms with Crippen LogP contribution in [0, 0.1) is 0 Å². The first-order valence-corrected chi connectivity index (χ1v) is 11.0. The van der Waals surface area contributed by atoms with Crippen LogP contribution >= 0.6 is 11.6 Å². The van der Waals surface area contributed by atoms with Crippen molar-refractivity contribution in [3.05, 3.63) is 83.3 Å². The molecule has 0 unspecified atom stereocenters. The summed E-state index contributed by atoms with van der Waals surface area (Å²) >= 11 is 5.93. The fourth-order valence-electron chi connectivity index (χ4n) is 2.95. The highest BCUT2D eigenvalue weighted by Crippen LogP contribution is 2.26. The molecule has 0 fully saturated rings. The molecule has 3 rings (SSSR count). The van der Waals surface area contributed by atoms with Crippen LogP contribution in [-0.4, -0.2) is 39.0 Å². The summed E-state index contributed by atoms with van der Waals surface area (Å²) in [5.74, 6) is -0.826.